The minimum atomic E-state index is -1.32. The molecule has 1 aromatic heterocycles. The predicted octanol–water partition coefficient (Wildman–Crippen LogP) is 4.09. The molecule has 4 rings (SSSR count). The number of nitrogens with zero attached hydrogens (tertiary/aromatic N) is 2. The summed E-state index contributed by atoms with van der Waals surface area (Å²) in [5, 5.41) is 11.5. The topological polar surface area (TPSA) is 86.5 Å². The lowest BCUT2D eigenvalue weighted by Crippen LogP contribution is -2.22. The summed E-state index contributed by atoms with van der Waals surface area (Å²) in [6.07, 6.45) is 0.650. The molecule has 31 heavy (non-hydrogen) atoms. The fourth-order valence-electron chi connectivity index (χ4n) is 2.52. The molecule has 0 bridgehead atoms. The van der Waals surface area contributed by atoms with Crippen LogP contribution in [0.1, 0.15) is 11.8 Å². The van der Waals surface area contributed by atoms with Crippen molar-refractivity contribution in [3.05, 3.63) is 69.9 Å². The van der Waals surface area contributed by atoms with E-state index in [0.717, 1.165) is 17.4 Å². The molecule has 2 heterocycles. The molecular weight excluding hydrogens is 474 g/mol. The van der Waals surface area contributed by atoms with Crippen LogP contribution in [0.2, 0.25) is 10.0 Å². The molecule has 1 atom stereocenters. The monoisotopic (exact) mass is 487 g/mol. The van der Waals surface area contributed by atoms with Crippen LogP contribution in [0, 0.1) is 11.6 Å². The number of hydrogen-bond acceptors (Lipinski definition) is 6. The zero-order valence-electron chi connectivity index (χ0n) is 15.6. The lowest BCUT2D eigenvalue weighted by atomic mass is 10.3. The lowest BCUT2D eigenvalue weighted by molar-refractivity contribution is -0.121. The highest BCUT2D eigenvalue weighted by molar-refractivity contribution is 7.69. The van der Waals surface area contributed by atoms with Crippen LogP contribution >= 0.6 is 30.9 Å². The van der Waals surface area contributed by atoms with E-state index in [2.05, 4.69) is 15.3 Å². The third-order valence-electron chi connectivity index (χ3n) is 4.12. The van der Waals surface area contributed by atoms with Crippen molar-refractivity contribution in [3.63, 3.8) is 0 Å². The zero-order valence-corrected chi connectivity index (χ0v) is 18.1. The molecule has 0 saturated heterocycles. The van der Waals surface area contributed by atoms with Gasteiger partial charge in [0.15, 0.2) is 13.2 Å². The number of aromatic nitrogens is 2. The van der Waals surface area contributed by atoms with E-state index >= 15 is 0 Å². The smallest absolute Gasteiger partial charge is 0.260 e. The van der Waals surface area contributed by atoms with Crippen molar-refractivity contribution in [1.82, 2.24) is 15.3 Å². The summed E-state index contributed by atoms with van der Waals surface area (Å²) in [6, 6.07) is 8.00. The summed E-state index contributed by atoms with van der Waals surface area (Å²) in [5.41, 5.74) is 0. The Labute approximate surface area is 185 Å². The first-order valence-electron chi connectivity index (χ1n) is 8.89. The molecule has 0 fully saturated rings. The molecule has 0 radical (unpaired) electrons. The van der Waals surface area contributed by atoms with Crippen molar-refractivity contribution in [2.24, 2.45) is 0 Å². The second-order valence-corrected chi connectivity index (χ2v) is 9.39. The van der Waals surface area contributed by atoms with E-state index in [1.54, 1.807) is 0 Å². The normalized spacial score (nSPS) is 15.0. The Morgan fingerprint density at radius 1 is 1.06 bits per heavy atom. The van der Waals surface area contributed by atoms with E-state index < -0.39 is 19.3 Å². The Hall–Kier alpha value is -2.61. The number of hydrogen-bond donors (Lipinski definition) is 1. The molecule has 0 saturated carbocycles. The van der Waals surface area contributed by atoms with Gasteiger partial charge in [0.1, 0.15) is 23.1 Å². The molecule has 7 nitrogen and oxygen atoms in total. The minimum Gasteiger partial charge on any atom is -0.484 e. The summed E-state index contributed by atoms with van der Waals surface area (Å²) < 4.78 is 43.0. The van der Waals surface area contributed by atoms with Crippen LogP contribution in [0.4, 0.5) is 8.78 Å². The number of ether oxygens (including phenoxy) is 2. The minimum absolute atomic E-state index is 0.0000136. The van der Waals surface area contributed by atoms with Gasteiger partial charge in [-0.05, 0) is 32.0 Å². The first-order valence-corrected chi connectivity index (χ1v) is 11.4. The van der Waals surface area contributed by atoms with Gasteiger partial charge < -0.3 is 19.0 Å². The Morgan fingerprint density at radius 2 is 1.71 bits per heavy atom. The molecule has 1 N–H and O–H groups in total. The number of nitrogens with one attached hydrogen (secondary N) is 1. The molecule has 1 amide bonds. The average molecular weight is 488 g/mol. The first kappa shape index (κ1) is 21.6. The van der Waals surface area contributed by atoms with Crippen molar-refractivity contribution in [2.45, 2.75) is 6.61 Å². The number of amides is 1. The van der Waals surface area contributed by atoms with Gasteiger partial charge >= 0.3 is 0 Å². The summed E-state index contributed by atoms with van der Waals surface area (Å²) in [7, 11) is -1.32. The van der Waals surface area contributed by atoms with Crippen LogP contribution in [0.15, 0.2) is 40.8 Å². The van der Waals surface area contributed by atoms with E-state index in [1.165, 1.54) is 24.3 Å². The van der Waals surface area contributed by atoms with Crippen LogP contribution in [-0.4, -0.2) is 34.2 Å². The van der Waals surface area contributed by atoms with E-state index in [0.29, 0.717) is 12.1 Å². The third-order valence-corrected chi connectivity index (χ3v) is 6.72. The van der Waals surface area contributed by atoms with Gasteiger partial charge in [0, 0.05) is 23.6 Å². The number of rotatable bonds is 8. The number of benzene rings is 2. The molecule has 12 heteroatoms. The van der Waals surface area contributed by atoms with Gasteiger partial charge in [-0.3, -0.25) is 4.79 Å². The first-order chi connectivity index (χ1) is 14.9. The van der Waals surface area contributed by atoms with Crippen LogP contribution in [0.3, 0.4) is 0 Å². The van der Waals surface area contributed by atoms with E-state index in [-0.39, 0.29) is 46.6 Å². The maximum atomic E-state index is 13.4. The van der Waals surface area contributed by atoms with Gasteiger partial charge in [-0.25, -0.2) is 8.78 Å². The standard InChI is InChI=1S/C19H14Cl2F2N3O4P/c20-12-3-1-10(5-14(12)22)28-7-17(27)26-31-9-16(31)19-25-24-18(30-19)8-29-11-2-4-13(21)15(23)6-11/h1-6,31H,7-9H2,(H,26,27). The molecule has 3 aromatic rings. The predicted molar refractivity (Wildman–Crippen MR) is 112 cm³/mol. The van der Waals surface area contributed by atoms with E-state index in [9.17, 15) is 13.6 Å². The number of halogens is 4. The summed E-state index contributed by atoms with van der Waals surface area (Å²) in [6.45, 7) is -0.301. The molecule has 2 aromatic carbocycles. The Kier molecular flexibility index (Phi) is 6.46. The summed E-state index contributed by atoms with van der Waals surface area (Å²) in [4.78, 5) is 12.0. The highest BCUT2D eigenvalue weighted by Gasteiger charge is 2.28. The molecule has 1 aliphatic rings. The van der Waals surface area contributed by atoms with Crippen LogP contribution in [0.5, 0.6) is 11.5 Å². The van der Waals surface area contributed by atoms with Gasteiger partial charge in [0.25, 0.3) is 11.8 Å². The van der Waals surface area contributed by atoms with Gasteiger partial charge in [-0.15, -0.1) is 10.2 Å². The van der Waals surface area contributed by atoms with Crippen molar-refractivity contribution in [3.8, 4) is 11.5 Å². The maximum Gasteiger partial charge on any atom is 0.260 e. The molecule has 1 aliphatic heterocycles. The van der Waals surface area contributed by atoms with Crippen molar-refractivity contribution in [1.29, 1.82) is 0 Å². The third kappa shape index (κ3) is 5.55. The van der Waals surface area contributed by atoms with Gasteiger partial charge in [-0.1, -0.05) is 23.2 Å². The second-order valence-electron chi connectivity index (χ2n) is 6.41. The Bertz CT molecular complexity index is 1190. The van der Waals surface area contributed by atoms with Crippen molar-refractivity contribution >= 4 is 42.1 Å². The largest absolute Gasteiger partial charge is 0.484 e. The highest BCUT2D eigenvalue weighted by Crippen LogP contribution is 2.38. The second kappa shape index (κ2) is 9.26. The maximum absolute atomic E-state index is 13.4. The van der Waals surface area contributed by atoms with Crippen molar-refractivity contribution < 1.29 is 27.5 Å². The average Bonchev–Trinajstić information content (AvgIpc) is 3.34. The number of carbonyl (C=O) groups is 1. The van der Waals surface area contributed by atoms with Crippen LogP contribution in [0.25, 0.3) is 0 Å². The lowest BCUT2D eigenvalue weighted by Gasteiger charge is -2.06. The molecule has 0 aliphatic carbocycles. The van der Waals surface area contributed by atoms with Gasteiger partial charge in [-0.2, -0.15) is 0 Å². The molecule has 162 valence electrons. The highest BCUT2D eigenvalue weighted by atomic mass is 35.5. The van der Waals surface area contributed by atoms with Gasteiger partial charge in [0.2, 0.25) is 5.89 Å². The van der Waals surface area contributed by atoms with Gasteiger partial charge in [0.05, 0.1) is 10.0 Å². The van der Waals surface area contributed by atoms with Crippen molar-refractivity contribution in [2.75, 3.05) is 12.8 Å². The summed E-state index contributed by atoms with van der Waals surface area (Å²) >= 11 is 11.2. The summed E-state index contributed by atoms with van der Waals surface area (Å²) in [5.74, 6) is -0.531. The van der Waals surface area contributed by atoms with E-state index in [4.69, 9.17) is 37.1 Å². The fourth-order valence-corrected chi connectivity index (χ4v) is 4.45. The fraction of sp³-hybridized carbons (Fsp3) is 0.158. The number of carbonyl (C=O) groups excluding carboxylic acids is 1. The molecular formula is C19H14Cl2F2N3O4P. The molecule has 0 spiro atoms. The zero-order chi connectivity index (χ0) is 22.0. The van der Waals surface area contributed by atoms with Crippen LogP contribution < -0.4 is 14.6 Å². The van der Waals surface area contributed by atoms with E-state index in [1.807, 2.05) is 0 Å². The SMILES string of the molecule is O=C(COc1ccc(Cl)c(F)c1)N[PH]1=C(c2nnc(COc3ccc(Cl)c(F)c3)o2)C1. The van der Waals surface area contributed by atoms with Crippen LogP contribution in [-0.2, 0) is 11.4 Å². The Balaban J connectivity index is 1.28. The quantitative estimate of drug-likeness (QED) is 0.481. The Morgan fingerprint density at radius 3 is 2.35 bits per heavy atom. The molecule has 1 unspecified atom stereocenters.